The summed E-state index contributed by atoms with van der Waals surface area (Å²) in [4.78, 5) is 25.8. The van der Waals surface area contributed by atoms with E-state index in [0.29, 0.717) is 29.5 Å². The van der Waals surface area contributed by atoms with Gasteiger partial charge in [0.2, 0.25) is 0 Å². The molecule has 6 nitrogen and oxygen atoms in total. The largest absolute Gasteiger partial charge is 0.462 e. The van der Waals surface area contributed by atoms with E-state index in [1.165, 1.54) is 4.90 Å². The number of ether oxygens (including phenoxy) is 2. The first kappa shape index (κ1) is 18.4. The number of nitrogens with zero attached hydrogens (tertiary/aromatic N) is 1. The van der Waals surface area contributed by atoms with Gasteiger partial charge >= 0.3 is 12.1 Å². The van der Waals surface area contributed by atoms with Gasteiger partial charge in [0.05, 0.1) is 6.61 Å². The number of amides is 1. The maximum absolute atomic E-state index is 12.3. The number of thiophene rings is 1. The van der Waals surface area contributed by atoms with Gasteiger partial charge in [0.1, 0.15) is 15.5 Å². The molecule has 1 heterocycles. The molecular weight excluding hydrogens is 306 g/mol. The average molecular weight is 329 g/mol. The summed E-state index contributed by atoms with van der Waals surface area (Å²) in [5.74, 6) is -0.412. The van der Waals surface area contributed by atoms with Crippen molar-refractivity contribution in [2.75, 3.05) is 24.7 Å². The van der Waals surface area contributed by atoms with Crippen LogP contribution < -0.4 is 4.90 Å². The monoisotopic (exact) mass is 329 g/mol. The van der Waals surface area contributed by atoms with Gasteiger partial charge in [-0.15, -0.1) is 11.3 Å². The molecule has 0 aromatic carbocycles. The predicted molar refractivity (Wildman–Crippen MR) is 85.6 cm³/mol. The van der Waals surface area contributed by atoms with Crippen molar-refractivity contribution in [1.82, 2.24) is 0 Å². The second-order valence-corrected chi connectivity index (χ2v) is 6.63. The van der Waals surface area contributed by atoms with Crippen molar-refractivity contribution in [3.63, 3.8) is 0 Å². The summed E-state index contributed by atoms with van der Waals surface area (Å²) in [6, 6.07) is 3.30. The van der Waals surface area contributed by atoms with Gasteiger partial charge in [-0.2, -0.15) is 0 Å². The van der Waals surface area contributed by atoms with Crippen LogP contribution in [0.2, 0.25) is 0 Å². The van der Waals surface area contributed by atoms with Crippen LogP contribution in [0.4, 0.5) is 9.80 Å². The van der Waals surface area contributed by atoms with Crippen molar-refractivity contribution >= 4 is 28.4 Å². The minimum Gasteiger partial charge on any atom is -0.462 e. The first-order chi connectivity index (χ1) is 10.3. The molecule has 124 valence electrons. The Balaban J connectivity index is 2.92. The lowest BCUT2D eigenvalue weighted by Gasteiger charge is -2.26. The number of hydrogen-bond donors (Lipinski definition) is 1. The van der Waals surface area contributed by atoms with Crippen LogP contribution in [-0.4, -0.2) is 42.5 Å². The zero-order valence-electron chi connectivity index (χ0n) is 13.4. The molecule has 0 bridgehead atoms. The first-order valence-corrected chi connectivity index (χ1v) is 7.98. The number of carbonyl (C=O) groups excluding carboxylic acids is 2. The summed E-state index contributed by atoms with van der Waals surface area (Å²) >= 11 is 1.16. The third-order valence-corrected chi connectivity index (χ3v) is 3.58. The van der Waals surface area contributed by atoms with Crippen molar-refractivity contribution in [1.29, 1.82) is 0 Å². The Labute approximate surface area is 134 Å². The van der Waals surface area contributed by atoms with Gasteiger partial charge in [-0.05, 0) is 46.2 Å². The third kappa shape index (κ3) is 5.65. The quantitative estimate of drug-likeness (QED) is 0.812. The van der Waals surface area contributed by atoms with Gasteiger partial charge in [0.25, 0.3) is 0 Å². The highest BCUT2D eigenvalue weighted by Gasteiger charge is 2.25. The van der Waals surface area contributed by atoms with Crippen LogP contribution in [0.3, 0.4) is 0 Å². The van der Waals surface area contributed by atoms with Crippen LogP contribution in [0.5, 0.6) is 0 Å². The molecule has 1 aromatic heterocycles. The highest BCUT2D eigenvalue weighted by molar-refractivity contribution is 7.18. The molecule has 7 heteroatoms. The smallest absolute Gasteiger partial charge is 0.415 e. The normalized spacial score (nSPS) is 11.1. The zero-order chi connectivity index (χ0) is 16.8. The molecule has 1 amide bonds. The molecule has 0 atom stereocenters. The standard InChI is InChI=1S/C15H23NO5S/c1-5-20-13(18)11-7-8-12(22-11)16(9-6-10-17)14(19)21-15(2,3)4/h7-8,17H,5-6,9-10H2,1-4H3. The number of aliphatic hydroxyl groups is 1. The van der Waals surface area contributed by atoms with Crippen molar-refractivity contribution in [2.45, 2.75) is 39.7 Å². The second kappa shape index (κ2) is 8.14. The molecule has 0 spiro atoms. The molecular formula is C15H23NO5S. The molecule has 22 heavy (non-hydrogen) atoms. The Hall–Kier alpha value is -1.60. The highest BCUT2D eigenvalue weighted by atomic mass is 32.1. The lowest BCUT2D eigenvalue weighted by atomic mass is 10.2. The van der Waals surface area contributed by atoms with Crippen molar-refractivity contribution in [2.24, 2.45) is 0 Å². The number of hydrogen-bond acceptors (Lipinski definition) is 6. The minimum atomic E-state index is -0.615. The van der Waals surface area contributed by atoms with Crippen LogP contribution in [0.1, 0.15) is 43.8 Å². The fraction of sp³-hybridized carbons (Fsp3) is 0.600. The van der Waals surface area contributed by atoms with E-state index in [4.69, 9.17) is 14.6 Å². The molecule has 0 aliphatic rings. The Morgan fingerprint density at radius 3 is 2.55 bits per heavy atom. The van der Waals surface area contributed by atoms with Crippen LogP contribution >= 0.6 is 11.3 Å². The van der Waals surface area contributed by atoms with E-state index < -0.39 is 17.7 Å². The Morgan fingerprint density at radius 1 is 1.32 bits per heavy atom. The molecule has 0 saturated carbocycles. The topological polar surface area (TPSA) is 76.1 Å². The van der Waals surface area contributed by atoms with E-state index in [1.807, 2.05) is 0 Å². The molecule has 0 aliphatic carbocycles. The summed E-state index contributed by atoms with van der Waals surface area (Å²) in [6.07, 6.45) is -0.0792. The van der Waals surface area contributed by atoms with Gasteiger partial charge in [0.15, 0.2) is 0 Å². The maximum atomic E-state index is 12.3. The maximum Gasteiger partial charge on any atom is 0.415 e. The van der Waals surface area contributed by atoms with Gasteiger partial charge in [-0.1, -0.05) is 0 Å². The van der Waals surface area contributed by atoms with Crippen molar-refractivity contribution < 1.29 is 24.2 Å². The zero-order valence-corrected chi connectivity index (χ0v) is 14.2. The first-order valence-electron chi connectivity index (χ1n) is 7.17. The minimum absolute atomic E-state index is 0.0323. The van der Waals surface area contributed by atoms with Crippen molar-refractivity contribution in [3.05, 3.63) is 17.0 Å². The molecule has 0 saturated heterocycles. The number of aliphatic hydroxyl groups excluding tert-OH is 1. The lowest BCUT2D eigenvalue weighted by molar-refractivity contribution is 0.0529. The molecule has 1 N–H and O–H groups in total. The fourth-order valence-corrected chi connectivity index (χ4v) is 2.54. The van der Waals surface area contributed by atoms with Gasteiger partial charge in [0, 0.05) is 13.2 Å². The summed E-state index contributed by atoms with van der Waals surface area (Å²) < 4.78 is 10.3. The van der Waals surface area contributed by atoms with Crippen LogP contribution in [0.15, 0.2) is 12.1 Å². The van der Waals surface area contributed by atoms with E-state index in [9.17, 15) is 9.59 Å². The predicted octanol–water partition coefficient (Wildman–Crippen LogP) is 3.05. The molecule has 0 aliphatic heterocycles. The Kier molecular flexibility index (Phi) is 6.83. The van der Waals surface area contributed by atoms with E-state index in [-0.39, 0.29) is 6.61 Å². The van der Waals surface area contributed by atoms with Crippen molar-refractivity contribution in [3.8, 4) is 0 Å². The average Bonchev–Trinajstić information content (AvgIpc) is 2.87. The molecule has 1 rings (SSSR count). The molecule has 0 radical (unpaired) electrons. The SMILES string of the molecule is CCOC(=O)c1ccc(N(CCCO)C(=O)OC(C)(C)C)s1. The third-order valence-electron chi connectivity index (χ3n) is 2.49. The summed E-state index contributed by atoms with van der Waals surface area (Å²) in [7, 11) is 0. The highest BCUT2D eigenvalue weighted by Crippen LogP contribution is 2.28. The molecule has 0 fully saturated rings. The van der Waals surface area contributed by atoms with Crippen LogP contribution in [-0.2, 0) is 9.47 Å². The number of esters is 1. The lowest BCUT2D eigenvalue weighted by Crippen LogP contribution is -2.37. The van der Waals surface area contributed by atoms with E-state index in [1.54, 1.807) is 39.8 Å². The van der Waals surface area contributed by atoms with Gasteiger partial charge in [-0.3, -0.25) is 4.90 Å². The summed E-state index contributed by atoms with van der Waals surface area (Å²) in [5.41, 5.74) is -0.615. The second-order valence-electron chi connectivity index (χ2n) is 5.57. The van der Waals surface area contributed by atoms with Crippen LogP contribution in [0.25, 0.3) is 0 Å². The fourth-order valence-electron chi connectivity index (χ4n) is 1.62. The number of anilines is 1. The Bertz CT molecular complexity index is 506. The summed E-state index contributed by atoms with van der Waals surface area (Å²) in [5, 5.41) is 9.58. The van der Waals surface area contributed by atoms with E-state index >= 15 is 0 Å². The molecule has 0 unspecified atom stereocenters. The number of carbonyl (C=O) groups is 2. The Morgan fingerprint density at radius 2 is 2.00 bits per heavy atom. The molecule has 1 aromatic rings. The van der Waals surface area contributed by atoms with Gasteiger partial charge in [-0.25, -0.2) is 9.59 Å². The van der Waals surface area contributed by atoms with Gasteiger partial charge < -0.3 is 14.6 Å². The van der Waals surface area contributed by atoms with Crippen LogP contribution in [0, 0.1) is 0 Å². The number of rotatable bonds is 6. The van der Waals surface area contributed by atoms with E-state index in [2.05, 4.69) is 0 Å². The summed E-state index contributed by atoms with van der Waals surface area (Å²) in [6.45, 7) is 7.67. The van der Waals surface area contributed by atoms with E-state index in [0.717, 1.165) is 11.3 Å².